The topological polar surface area (TPSA) is 75.5 Å². The number of nitrogens with zero attached hydrogens (tertiary/aromatic N) is 3. The second-order valence-corrected chi connectivity index (χ2v) is 4.51. The summed E-state index contributed by atoms with van der Waals surface area (Å²) in [6.07, 6.45) is 1.99. The molecule has 1 aliphatic heterocycles. The van der Waals surface area contributed by atoms with Crippen LogP contribution in [0.1, 0.15) is 24.0 Å². The molecule has 1 aliphatic rings. The smallest absolute Gasteiger partial charge is 0.376 e. The van der Waals surface area contributed by atoms with Crippen LogP contribution in [0, 0.1) is 5.92 Å². The molecule has 1 N–H and O–H groups in total. The van der Waals surface area contributed by atoms with E-state index in [2.05, 4.69) is 14.7 Å². The van der Waals surface area contributed by atoms with E-state index in [1.807, 2.05) is 11.8 Å². The zero-order valence-corrected chi connectivity index (χ0v) is 10.5. The molecule has 0 bridgehead atoms. The number of hydrogen-bond donors (Lipinski definition) is 1. The van der Waals surface area contributed by atoms with Crippen LogP contribution in [-0.4, -0.2) is 47.3 Å². The fraction of sp³-hybridized carbons (Fsp3) is 0.583. The second-order valence-electron chi connectivity index (χ2n) is 4.51. The van der Waals surface area contributed by atoms with Gasteiger partial charge in [-0.2, -0.15) is 0 Å². The number of ether oxygens (including phenoxy) is 1. The molecule has 0 amide bonds. The number of methoxy groups -OCH3 is 1. The highest BCUT2D eigenvalue weighted by Gasteiger charge is 2.25. The third kappa shape index (κ3) is 2.59. The number of piperidine rings is 1. The van der Waals surface area contributed by atoms with Crippen LogP contribution in [0.2, 0.25) is 0 Å². The van der Waals surface area contributed by atoms with Gasteiger partial charge in [0.2, 0.25) is 5.82 Å². The summed E-state index contributed by atoms with van der Waals surface area (Å²) >= 11 is 0. The maximum atomic E-state index is 11.4. The van der Waals surface area contributed by atoms with Gasteiger partial charge in [0.05, 0.1) is 13.2 Å². The van der Waals surface area contributed by atoms with Gasteiger partial charge in [0, 0.05) is 19.3 Å². The van der Waals surface area contributed by atoms with Crippen LogP contribution in [0.15, 0.2) is 12.3 Å². The van der Waals surface area contributed by atoms with E-state index in [1.54, 1.807) is 12.3 Å². The molecule has 0 spiro atoms. The van der Waals surface area contributed by atoms with E-state index in [0.717, 1.165) is 13.1 Å². The average Bonchev–Trinajstić information content (AvgIpc) is 2.41. The van der Waals surface area contributed by atoms with Crippen molar-refractivity contribution >= 4 is 11.8 Å². The van der Waals surface area contributed by atoms with Crippen molar-refractivity contribution in [3.05, 3.63) is 18.1 Å². The predicted molar refractivity (Wildman–Crippen MR) is 65.4 cm³/mol. The molecule has 1 saturated heterocycles. The van der Waals surface area contributed by atoms with Gasteiger partial charge < -0.3 is 14.7 Å². The molecule has 98 valence electrons. The summed E-state index contributed by atoms with van der Waals surface area (Å²) in [7, 11) is 1.30. The number of rotatable bonds is 2. The minimum Gasteiger partial charge on any atom is -0.463 e. The molecular weight excluding hydrogens is 234 g/mol. The molecule has 0 aromatic carbocycles. The van der Waals surface area contributed by atoms with Crippen LogP contribution >= 0.6 is 0 Å². The highest BCUT2D eigenvalue weighted by atomic mass is 16.5. The Hall–Kier alpha value is -1.69. The van der Waals surface area contributed by atoms with Gasteiger partial charge in [0.25, 0.3) is 0 Å². The Kier molecular flexibility index (Phi) is 3.76. The first-order valence-corrected chi connectivity index (χ1v) is 5.96. The lowest BCUT2D eigenvalue weighted by Crippen LogP contribution is -2.42. The molecule has 2 atom stereocenters. The Balaban J connectivity index is 2.16. The molecule has 6 nitrogen and oxygen atoms in total. The number of esters is 1. The van der Waals surface area contributed by atoms with Gasteiger partial charge in [-0.05, 0) is 18.4 Å². The Morgan fingerprint density at radius 2 is 2.39 bits per heavy atom. The van der Waals surface area contributed by atoms with Crippen LogP contribution in [0.4, 0.5) is 5.82 Å². The number of anilines is 1. The number of carbonyl (C=O) groups excluding carboxylic acids is 1. The van der Waals surface area contributed by atoms with E-state index in [1.165, 1.54) is 7.11 Å². The lowest BCUT2D eigenvalue weighted by atomic mass is 9.97. The molecule has 1 aromatic rings. The first-order valence-electron chi connectivity index (χ1n) is 5.96. The maximum Gasteiger partial charge on any atom is 0.376 e. The lowest BCUT2D eigenvalue weighted by Gasteiger charge is -2.35. The molecule has 0 aliphatic carbocycles. The van der Waals surface area contributed by atoms with Gasteiger partial charge in [0.1, 0.15) is 5.82 Å². The Morgan fingerprint density at radius 1 is 1.61 bits per heavy atom. The summed E-state index contributed by atoms with van der Waals surface area (Å²) in [5.41, 5.74) is 0. The molecule has 18 heavy (non-hydrogen) atoms. The quantitative estimate of drug-likeness (QED) is 0.770. The summed E-state index contributed by atoms with van der Waals surface area (Å²) in [4.78, 5) is 21.5. The van der Waals surface area contributed by atoms with Gasteiger partial charge in [-0.3, -0.25) is 0 Å². The predicted octanol–water partition coefficient (Wildman–Crippen LogP) is 0.470. The normalized spacial score (nSPS) is 23.8. The fourth-order valence-corrected chi connectivity index (χ4v) is 2.06. The number of aromatic nitrogens is 2. The molecule has 1 aromatic heterocycles. The Labute approximate surface area is 106 Å². The first-order chi connectivity index (χ1) is 8.61. The highest BCUT2D eigenvalue weighted by Crippen LogP contribution is 2.21. The largest absolute Gasteiger partial charge is 0.463 e. The summed E-state index contributed by atoms with van der Waals surface area (Å²) in [6, 6.07) is 1.76. The maximum absolute atomic E-state index is 11.4. The molecule has 0 saturated carbocycles. The average molecular weight is 251 g/mol. The second kappa shape index (κ2) is 5.30. The molecule has 2 unspecified atom stereocenters. The van der Waals surface area contributed by atoms with Crippen molar-refractivity contribution in [2.75, 3.05) is 25.1 Å². The molecular formula is C12H17N3O3. The first kappa shape index (κ1) is 12.8. The van der Waals surface area contributed by atoms with Crippen molar-refractivity contribution in [2.45, 2.75) is 19.4 Å². The fourth-order valence-electron chi connectivity index (χ4n) is 2.06. The van der Waals surface area contributed by atoms with Crippen molar-refractivity contribution in [1.29, 1.82) is 0 Å². The SMILES string of the molecule is COC(=O)c1nccc(N2CCC(O)C(C)C2)n1. The summed E-state index contributed by atoms with van der Waals surface area (Å²) < 4.78 is 4.59. The third-order valence-electron chi connectivity index (χ3n) is 3.19. The minimum atomic E-state index is -0.540. The molecule has 6 heteroatoms. The summed E-state index contributed by atoms with van der Waals surface area (Å²) in [6.45, 7) is 3.45. The third-order valence-corrected chi connectivity index (χ3v) is 3.19. The van der Waals surface area contributed by atoms with E-state index >= 15 is 0 Å². The lowest BCUT2D eigenvalue weighted by molar-refractivity contribution is 0.0586. The van der Waals surface area contributed by atoms with E-state index in [9.17, 15) is 9.90 Å². The van der Waals surface area contributed by atoms with Crippen molar-refractivity contribution < 1.29 is 14.6 Å². The minimum absolute atomic E-state index is 0.0637. The summed E-state index contributed by atoms with van der Waals surface area (Å²) in [5, 5.41) is 9.69. The number of aliphatic hydroxyl groups is 1. The standard InChI is InChI=1S/C12H17N3O3/c1-8-7-15(6-4-9(8)16)10-3-5-13-11(14-10)12(17)18-2/h3,5,8-9,16H,4,6-7H2,1-2H3. The zero-order chi connectivity index (χ0) is 13.1. The van der Waals surface area contributed by atoms with Gasteiger partial charge in [-0.25, -0.2) is 14.8 Å². The zero-order valence-electron chi connectivity index (χ0n) is 10.5. The highest BCUT2D eigenvalue weighted by molar-refractivity contribution is 5.85. The van der Waals surface area contributed by atoms with Crippen molar-refractivity contribution in [2.24, 2.45) is 5.92 Å². The summed E-state index contributed by atoms with van der Waals surface area (Å²) in [5.74, 6) is 0.412. The Morgan fingerprint density at radius 3 is 3.06 bits per heavy atom. The Bertz CT molecular complexity index is 438. The van der Waals surface area contributed by atoms with Crippen LogP contribution < -0.4 is 4.90 Å². The van der Waals surface area contributed by atoms with Crippen molar-refractivity contribution in [3.8, 4) is 0 Å². The number of aliphatic hydroxyl groups excluding tert-OH is 1. The molecule has 0 radical (unpaired) electrons. The van der Waals surface area contributed by atoms with E-state index in [4.69, 9.17) is 0 Å². The van der Waals surface area contributed by atoms with E-state index < -0.39 is 5.97 Å². The van der Waals surface area contributed by atoms with Gasteiger partial charge in [0.15, 0.2) is 0 Å². The monoisotopic (exact) mass is 251 g/mol. The van der Waals surface area contributed by atoms with Gasteiger partial charge in [-0.15, -0.1) is 0 Å². The van der Waals surface area contributed by atoms with Crippen molar-refractivity contribution in [1.82, 2.24) is 9.97 Å². The molecule has 1 fully saturated rings. The van der Waals surface area contributed by atoms with Gasteiger partial charge in [-0.1, -0.05) is 6.92 Å². The van der Waals surface area contributed by atoms with E-state index in [-0.39, 0.29) is 17.8 Å². The van der Waals surface area contributed by atoms with Crippen LogP contribution in [0.3, 0.4) is 0 Å². The van der Waals surface area contributed by atoms with Crippen LogP contribution in [0.25, 0.3) is 0 Å². The van der Waals surface area contributed by atoms with Crippen LogP contribution in [0.5, 0.6) is 0 Å². The number of hydrogen-bond acceptors (Lipinski definition) is 6. The van der Waals surface area contributed by atoms with Crippen LogP contribution in [-0.2, 0) is 4.74 Å². The molecule has 2 heterocycles. The van der Waals surface area contributed by atoms with Crippen molar-refractivity contribution in [3.63, 3.8) is 0 Å². The van der Waals surface area contributed by atoms with Gasteiger partial charge >= 0.3 is 5.97 Å². The number of carbonyl (C=O) groups is 1. The molecule has 2 rings (SSSR count). The van der Waals surface area contributed by atoms with E-state index in [0.29, 0.717) is 12.2 Å².